The summed E-state index contributed by atoms with van der Waals surface area (Å²) >= 11 is 0. The Kier molecular flexibility index (Phi) is 67.7. The van der Waals surface area contributed by atoms with E-state index in [4.69, 9.17) is 9.05 Å². The number of nitrogens with zero attached hydrogens (tertiary/aromatic N) is 1. The minimum Gasteiger partial charge on any atom is -0.387 e. The van der Waals surface area contributed by atoms with Gasteiger partial charge in [0.2, 0.25) is 5.91 Å². The molecule has 516 valence electrons. The van der Waals surface area contributed by atoms with Crippen LogP contribution in [0.3, 0.4) is 0 Å². The molecule has 0 fully saturated rings. The van der Waals surface area contributed by atoms with Crippen molar-refractivity contribution in [1.82, 2.24) is 5.32 Å². The molecule has 8 nitrogen and oxygen atoms in total. The minimum absolute atomic E-state index is 0.0530. The molecule has 0 bridgehead atoms. The molecule has 9 heteroatoms. The molecule has 0 radical (unpaired) electrons. The van der Waals surface area contributed by atoms with Crippen molar-refractivity contribution in [2.24, 2.45) is 0 Å². The second-order valence-corrected chi connectivity index (χ2v) is 28.8. The van der Waals surface area contributed by atoms with Crippen LogP contribution in [0.15, 0.2) is 72.9 Å². The number of hydrogen-bond donors (Lipinski definition) is 3. The van der Waals surface area contributed by atoms with Crippen LogP contribution in [0.4, 0.5) is 0 Å². The van der Waals surface area contributed by atoms with Gasteiger partial charge in [0, 0.05) is 6.42 Å². The Labute approximate surface area is 548 Å². The number of unbranched alkanes of at least 4 members (excludes halogenated alkanes) is 48. The fourth-order valence-electron chi connectivity index (χ4n) is 11.4. The van der Waals surface area contributed by atoms with Crippen molar-refractivity contribution in [2.45, 2.75) is 386 Å². The average Bonchev–Trinajstić information content (AvgIpc) is 3.64. The summed E-state index contributed by atoms with van der Waals surface area (Å²) in [4.78, 5) is 23.5. The maximum atomic E-state index is 13.1. The molecule has 1 amide bonds. The quantitative estimate of drug-likeness (QED) is 0.0243. The number of aliphatic hydroxyl groups is 1. The maximum absolute atomic E-state index is 13.1. The topological polar surface area (TPSA) is 105 Å². The number of phosphoric acid groups is 1. The van der Waals surface area contributed by atoms with E-state index in [1.165, 1.54) is 295 Å². The lowest BCUT2D eigenvalue weighted by molar-refractivity contribution is -0.870. The van der Waals surface area contributed by atoms with Crippen LogP contribution in [0.2, 0.25) is 0 Å². The first-order chi connectivity index (χ1) is 43.0. The largest absolute Gasteiger partial charge is 0.472 e. The molecule has 0 saturated carbocycles. The second-order valence-electron chi connectivity index (χ2n) is 27.4. The van der Waals surface area contributed by atoms with Gasteiger partial charge in [-0.05, 0) is 83.5 Å². The highest BCUT2D eigenvalue weighted by Crippen LogP contribution is 2.43. The van der Waals surface area contributed by atoms with E-state index in [0.29, 0.717) is 17.4 Å². The van der Waals surface area contributed by atoms with Gasteiger partial charge >= 0.3 is 7.82 Å². The van der Waals surface area contributed by atoms with E-state index in [1.807, 2.05) is 27.2 Å². The lowest BCUT2D eigenvalue weighted by Gasteiger charge is -2.25. The number of amides is 1. The van der Waals surface area contributed by atoms with E-state index in [-0.39, 0.29) is 19.1 Å². The molecule has 88 heavy (non-hydrogen) atoms. The van der Waals surface area contributed by atoms with Gasteiger partial charge in [-0.3, -0.25) is 13.8 Å². The van der Waals surface area contributed by atoms with Gasteiger partial charge in [-0.2, -0.15) is 0 Å². The normalized spacial score (nSPS) is 13.9. The van der Waals surface area contributed by atoms with Crippen molar-refractivity contribution in [2.75, 3.05) is 40.9 Å². The Bertz CT molecular complexity index is 1670. The zero-order valence-corrected chi connectivity index (χ0v) is 60.1. The molecule has 0 aliphatic carbocycles. The van der Waals surface area contributed by atoms with E-state index in [9.17, 15) is 19.4 Å². The first-order valence-electron chi connectivity index (χ1n) is 38.3. The maximum Gasteiger partial charge on any atom is 0.472 e. The Balaban J connectivity index is 4.05. The number of allylic oxidation sites excluding steroid dienone is 11. The summed E-state index contributed by atoms with van der Waals surface area (Å²) in [6.07, 6.45) is 98.0. The lowest BCUT2D eigenvalue weighted by atomic mass is 10.0. The fraction of sp³-hybridized carbons (Fsp3) is 0.835. The summed E-state index contributed by atoms with van der Waals surface area (Å²) < 4.78 is 23.8. The third-order valence-electron chi connectivity index (χ3n) is 17.4. The second kappa shape index (κ2) is 69.3. The zero-order chi connectivity index (χ0) is 64.1. The molecule has 3 atom stereocenters. The van der Waals surface area contributed by atoms with E-state index >= 15 is 0 Å². The van der Waals surface area contributed by atoms with Crippen LogP contribution in [-0.2, 0) is 18.4 Å². The average molecular weight is 1260 g/mol. The van der Waals surface area contributed by atoms with Crippen LogP contribution in [-0.4, -0.2) is 73.4 Å². The number of carbonyl (C=O) groups is 1. The predicted octanol–water partition coefficient (Wildman–Crippen LogP) is 24.9. The monoisotopic (exact) mass is 1250 g/mol. The number of carbonyl (C=O) groups excluding carboxylic acids is 1. The predicted molar refractivity (Wildman–Crippen MR) is 387 cm³/mol. The van der Waals surface area contributed by atoms with Gasteiger partial charge in [0.15, 0.2) is 0 Å². The fourth-order valence-corrected chi connectivity index (χ4v) is 12.2. The van der Waals surface area contributed by atoms with Crippen LogP contribution in [0.25, 0.3) is 0 Å². The summed E-state index contributed by atoms with van der Waals surface area (Å²) in [6.45, 7) is 4.82. The molecule has 3 unspecified atom stereocenters. The molecule has 0 rings (SSSR count). The zero-order valence-electron chi connectivity index (χ0n) is 59.2. The van der Waals surface area contributed by atoms with Crippen LogP contribution >= 0.6 is 7.82 Å². The molecule has 0 spiro atoms. The third-order valence-corrected chi connectivity index (χ3v) is 18.4. The molecule has 0 aromatic rings. The van der Waals surface area contributed by atoms with Gasteiger partial charge in [-0.25, -0.2) is 4.57 Å². The van der Waals surface area contributed by atoms with Crippen LogP contribution in [0, 0.1) is 0 Å². The van der Waals surface area contributed by atoms with Gasteiger partial charge in [-0.15, -0.1) is 0 Å². The Morgan fingerprint density at radius 1 is 0.386 bits per heavy atom. The Hall–Kier alpha value is -2.06. The molecular weight excluding hydrogens is 1100 g/mol. The Morgan fingerprint density at radius 2 is 0.659 bits per heavy atom. The van der Waals surface area contributed by atoms with Gasteiger partial charge in [0.1, 0.15) is 13.2 Å². The first-order valence-corrected chi connectivity index (χ1v) is 39.8. The molecule has 0 heterocycles. The van der Waals surface area contributed by atoms with Crippen molar-refractivity contribution in [3.05, 3.63) is 72.9 Å². The molecular formula is C79H150N2O6P+. The number of phosphoric ester groups is 1. The highest BCUT2D eigenvalue weighted by molar-refractivity contribution is 7.47. The Morgan fingerprint density at radius 3 is 0.989 bits per heavy atom. The van der Waals surface area contributed by atoms with Crippen LogP contribution < -0.4 is 5.32 Å². The van der Waals surface area contributed by atoms with Crippen LogP contribution in [0.5, 0.6) is 0 Å². The van der Waals surface area contributed by atoms with Crippen molar-refractivity contribution < 1.29 is 32.9 Å². The number of quaternary nitrogens is 1. The van der Waals surface area contributed by atoms with E-state index in [0.717, 1.165) is 57.8 Å². The summed E-state index contributed by atoms with van der Waals surface area (Å²) in [5.41, 5.74) is 0. The number of hydrogen-bond acceptors (Lipinski definition) is 5. The number of rotatable bonds is 71. The van der Waals surface area contributed by atoms with E-state index in [1.54, 1.807) is 6.08 Å². The lowest BCUT2D eigenvalue weighted by Crippen LogP contribution is -2.45. The van der Waals surface area contributed by atoms with Gasteiger partial charge in [0.25, 0.3) is 0 Å². The number of nitrogens with one attached hydrogen (secondary N) is 1. The van der Waals surface area contributed by atoms with Gasteiger partial charge in [-0.1, -0.05) is 356 Å². The van der Waals surface area contributed by atoms with E-state index in [2.05, 4.69) is 79.9 Å². The molecule has 0 aliphatic heterocycles. The number of aliphatic hydroxyl groups excluding tert-OH is 1. The van der Waals surface area contributed by atoms with E-state index < -0.39 is 20.0 Å². The SMILES string of the molecule is CCCCCCC/C=C\C/C=C\C/C=C\CCCCCCCCCCCCCCCCCCCCCCC(=O)NC(COP(=O)(O)OCC[N+](C)(C)C)C(O)/C=C/CC/C=C/CC/C=C/CCCCCCCCCCCCCCCCCCCCCCC. The van der Waals surface area contributed by atoms with Gasteiger partial charge in [0.05, 0.1) is 39.9 Å². The highest BCUT2D eigenvalue weighted by Gasteiger charge is 2.28. The molecule has 0 saturated heterocycles. The molecule has 0 aromatic heterocycles. The van der Waals surface area contributed by atoms with Crippen molar-refractivity contribution in [3.63, 3.8) is 0 Å². The molecule has 3 N–H and O–H groups in total. The van der Waals surface area contributed by atoms with Crippen molar-refractivity contribution >= 4 is 13.7 Å². The summed E-state index contributed by atoms with van der Waals surface area (Å²) in [6, 6.07) is -0.874. The van der Waals surface area contributed by atoms with Crippen molar-refractivity contribution in [1.29, 1.82) is 0 Å². The summed E-state index contributed by atoms with van der Waals surface area (Å²) in [5, 5.41) is 14.0. The molecule has 0 aromatic carbocycles. The standard InChI is InChI=1S/C79H149N2O6P/c1-6-8-10-12-14-16-18-20-22-24-26-28-30-32-34-36-38-39-40-41-43-45-47-49-51-53-55-57-59-61-63-65-67-69-71-73-79(83)80-77(76-87-88(84,85)86-75-74-81(3,4)5)78(82)72-70-68-66-64-62-60-58-56-54-52-50-48-46-44-42-37-35-33-31-29-27-25-23-21-19-17-15-13-11-9-7-2/h18,20,24,26,30,32,54,56,62,64,70,72,77-78,82H,6-17,19,21-23,25,27-29,31,33-53,55,57-61,63,65-69,71,73-76H2,1-5H3,(H-,80,83,84,85)/p+1/b20-18-,26-24-,32-30-,56-54+,64-62+,72-70+. The molecule has 0 aliphatic rings. The smallest absolute Gasteiger partial charge is 0.387 e. The van der Waals surface area contributed by atoms with Crippen molar-refractivity contribution in [3.8, 4) is 0 Å². The highest BCUT2D eigenvalue weighted by atomic mass is 31.2. The number of likely N-dealkylation sites (N-methyl/N-ethyl adjacent to an activating group) is 1. The minimum atomic E-state index is -4.37. The summed E-state index contributed by atoms with van der Waals surface area (Å²) in [5.74, 6) is -0.186. The third kappa shape index (κ3) is 71.4. The summed E-state index contributed by atoms with van der Waals surface area (Å²) in [7, 11) is 1.56. The van der Waals surface area contributed by atoms with Crippen LogP contribution in [0.1, 0.15) is 373 Å². The van der Waals surface area contributed by atoms with Gasteiger partial charge < -0.3 is 19.8 Å². The first kappa shape index (κ1) is 85.9.